The average molecular weight is 510 g/mol. The number of nitrogens with one attached hydrogen (secondary N) is 2. The van der Waals surface area contributed by atoms with Crippen molar-refractivity contribution in [2.45, 2.75) is 39.5 Å². The first-order chi connectivity index (χ1) is 15.3. The lowest BCUT2D eigenvalue weighted by molar-refractivity contribution is 0.101. The van der Waals surface area contributed by atoms with E-state index in [9.17, 15) is 22.8 Å². The van der Waals surface area contributed by atoms with Crippen LogP contribution in [0.1, 0.15) is 61.1 Å². The van der Waals surface area contributed by atoms with Gasteiger partial charge in [-0.2, -0.15) is 0 Å². The number of carbonyl (C=O) groups is 3. The third-order valence-corrected chi connectivity index (χ3v) is 7.88. The number of benzene rings is 1. The van der Waals surface area contributed by atoms with E-state index >= 15 is 0 Å². The molecule has 1 amide bonds. The minimum atomic E-state index is -4.29. The number of ketones is 2. The second kappa shape index (κ2) is 9.08. The third kappa shape index (κ3) is 4.85. The number of rotatable bonds is 7. The van der Waals surface area contributed by atoms with Crippen LogP contribution in [0.2, 0.25) is 5.02 Å². The van der Waals surface area contributed by atoms with Crippen molar-refractivity contribution in [3.8, 4) is 0 Å². The molecule has 0 radical (unpaired) electrons. The van der Waals surface area contributed by atoms with E-state index in [4.69, 9.17) is 16.1 Å². The number of halogens is 1. The van der Waals surface area contributed by atoms with E-state index in [2.05, 4.69) is 15.2 Å². The highest BCUT2D eigenvalue weighted by molar-refractivity contribution is 7.93. The minimum Gasteiger partial charge on any atom is -0.336 e. The molecule has 0 unspecified atom stereocenters. The first-order valence-corrected chi connectivity index (χ1v) is 12.3. The summed E-state index contributed by atoms with van der Waals surface area (Å²) in [4.78, 5) is 37.1. The van der Waals surface area contributed by atoms with Gasteiger partial charge < -0.3 is 9.84 Å². The van der Waals surface area contributed by atoms with E-state index in [-0.39, 0.29) is 49.1 Å². The summed E-state index contributed by atoms with van der Waals surface area (Å²) in [5, 5.41) is 7.67. The molecule has 3 aromatic rings. The van der Waals surface area contributed by atoms with Gasteiger partial charge in [-0.25, -0.2) is 13.1 Å². The SMILES string of the molecule is CC(=O)c1cc(C)cc(C(C)=O)c1NC(=O)c1scc(C)c1S(=O)(=O)Nc1onc(C)c1Cl. The Hall–Kier alpha value is -3.02. The van der Waals surface area contributed by atoms with E-state index in [0.29, 0.717) is 16.8 Å². The van der Waals surface area contributed by atoms with Gasteiger partial charge in [-0.3, -0.25) is 14.4 Å². The first kappa shape index (κ1) is 24.6. The maximum absolute atomic E-state index is 13.2. The predicted molar refractivity (Wildman–Crippen MR) is 125 cm³/mol. The maximum Gasteiger partial charge on any atom is 0.267 e. The second-order valence-corrected chi connectivity index (χ2v) is 10.3. The summed E-state index contributed by atoms with van der Waals surface area (Å²) in [5.74, 6) is -1.78. The van der Waals surface area contributed by atoms with Crippen molar-refractivity contribution in [1.29, 1.82) is 0 Å². The van der Waals surface area contributed by atoms with Gasteiger partial charge in [0.1, 0.15) is 20.5 Å². The molecule has 12 heteroatoms. The molecule has 174 valence electrons. The second-order valence-electron chi connectivity index (χ2n) is 7.40. The molecule has 0 fully saturated rings. The third-order valence-electron chi connectivity index (χ3n) is 4.69. The molecule has 1 aromatic carbocycles. The van der Waals surface area contributed by atoms with Crippen molar-refractivity contribution in [3.05, 3.63) is 55.4 Å². The largest absolute Gasteiger partial charge is 0.336 e. The van der Waals surface area contributed by atoms with Crippen LogP contribution >= 0.6 is 22.9 Å². The van der Waals surface area contributed by atoms with E-state index in [1.54, 1.807) is 26.0 Å². The highest BCUT2D eigenvalue weighted by Crippen LogP contribution is 2.33. The van der Waals surface area contributed by atoms with Gasteiger partial charge in [0.25, 0.3) is 21.8 Å². The van der Waals surface area contributed by atoms with Crippen molar-refractivity contribution in [2.24, 2.45) is 0 Å². The molecule has 0 aliphatic carbocycles. The lowest BCUT2D eigenvalue weighted by Gasteiger charge is -2.15. The van der Waals surface area contributed by atoms with E-state index in [1.165, 1.54) is 26.2 Å². The number of Topliss-reactive ketones (excluding diaryl/α,β-unsaturated/α-hetero) is 2. The van der Waals surface area contributed by atoms with Gasteiger partial charge in [-0.05, 0) is 63.3 Å². The number of carbonyl (C=O) groups excluding carboxylic acids is 3. The Morgan fingerprint density at radius 2 is 1.64 bits per heavy atom. The molecule has 33 heavy (non-hydrogen) atoms. The van der Waals surface area contributed by atoms with Crippen molar-refractivity contribution in [1.82, 2.24) is 5.16 Å². The van der Waals surface area contributed by atoms with Crippen molar-refractivity contribution in [2.75, 3.05) is 10.0 Å². The van der Waals surface area contributed by atoms with Crippen LogP contribution in [0, 0.1) is 20.8 Å². The Morgan fingerprint density at radius 1 is 1.06 bits per heavy atom. The van der Waals surface area contributed by atoms with Gasteiger partial charge in [-0.15, -0.1) is 11.3 Å². The van der Waals surface area contributed by atoms with Crippen LogP contribution in [-0.2, 0) is 10.0 Å². The van der Waals surface area contributed by atoms with Crippen LogP contribution in [0.3, 0.4) is 0 Å². The van der Waals surface area contributed by atoms with Crippen LogP contribution < -0.4 is 10.0 Å². The van der Waals surface area contributed by atoms with Gasteiger partial charge in [0.15, 0.2) is 11.6 Å². The molecular formula is C21H20ClN3O6S2. The van der Waals surface area contributed by atoms with Gasteiger partial charge in [0, 0.05) is 11.1 Å². The number of amides is 1. The zero-order valence-electron chi connectivity index (χ0n) is 18.3. The van der Waals surface area contributed by atoms with Crippen LogP contribution in [0.25, 0.3) is 0 Å². The number of aryl methyl sites for hydroxylation is 3. The Kier molecular flexibility index (Phi) is 6.78. The standard InChI is InChI=1S/C21H20ClN3O6S2/c1-9-6-14(12(4)26)17(15(7-9)13(5)27)23-20(28)18-19(10(2)8-32-18)33(29,30)25-21-16(22)11(3)24-31-21/h6-8,25H,1-5H3,(H,23,28). The predicted octanol–water partition coefficient (Wildman–Crippen LogP) is 4.77. The molecular weight excluding hydrogens is 490 g/mol. The summed E-state index contributed by atoms with van der Waals surface area (Å²) in [6, 6.07) is 3.11. The van der Waals surface area contributed by atoms with E-state index in [0.717, 1.165) is 11.3 Å². The van der Waals surface area contributed by atoms with Crippen molar-refractivity contribution < 1.29 is 27.3 Å². The smallest absolute Gasteiger partial charge is 0.267 e. The Labute approximate surface area is 199 Å². The fraction of sp³-hybridized carbons (Fsp3) is 0.238. The molecule has 3 rings (SSSR count). The minimum absolute atomic E-state index is 0.00526. The molecule has 0 aliphatic heterocycles. The lowest BCUT2D eigenvalue weighted by atomic mass is 9.98. The van der Waals surface area contributed by atoms with Crippen molar-refractivity contribution >= 4 is 62.0 Å². The summed E-state index contributed by atoms with van der Waals surface area (Å²) in [5.41, 5.74) is 1.60. The van der Waals surface area contributed by atoms with Gasteiger partial charge in [-0.1, -0.05) is 16.8 Å². The molecule has 2 N–H and O–H groups in total. The summed E-state index contributed by atoms with van der Waals surface area (Å²) in [7, 11) is -4.29. The topological polar surface area (TPSA) is 135 Å². The van der Waals surface area contributed by atoms with Gasteiger partial charge >= 0.3 is 0 Å². The molecule has 0 bridgehead atoms. The number of nitrogens with zero attached hydrogens (tertiary/aromatic N) is 1. The highest BCUT2D eigenvalue weighted by Gasteiger charge is 2.30. The zero-order valence-corrected chi connectivity index (χ0v) is 20.7. The quantitative estimate of drug-likeness (QED) is 0.437. The van der Waals surface area contributed by atoms with Crippen LogP contribution in [0.4, 0.5) is 11.6 Å². The molecule has 0 aliphatic rings. The number of hydrogen-bond donors (Lipinski definition) is 2. The number of hydrogen-bond acceptors (Lipinski definition) is 8. The summed E-state index contributed by atoms with van der Waals surface area (Å²) in [6.45, 7) is 7.42. The monoisotopic (exact) mass is 509 g/mol. The molecule has 2 aromatic heterocycles. The van der Waals surface area contributed by atoms with Crippen LogP contribution in [0.15, 0.2) is 26.9 Å². The lowest BCUT2D eigenvalue weighted by Crippen LogP contribution is -2.21. The van der Waals surface area contributed by atoms with Gasteiger partial charge in [0.05, 0.1) is 5.69 Å². The Balaban J connectivity index is 2.06. The fourth-order valence-electron chi connectivity index (χ4n) is 3.17. The Bertz CT molecular complexity index is 1370. The first-order valence-electron chi connectivity index (χ1n) is 9.54. The normalized spacial score (nSPS) is 11.3. The molecule has 2 heterocycles. The molecule has 0 saturated heterocycles. The summed E-state index contributed by atoms with van der Waals surface area (Å²) >= 11 is 6.91. The maximum atomic E-state index is 13.2. The number of anilines is 2. The van der Waals surface area contributed by atoms with Crippen molar-refractivity contribution in [3.63, 3.8) is 0 Å². The number of sulfonamides is 1. The summed E-state index contributed by atoms with van der Waals surface area (Å²) in [6.07, 6.45) is 0. The van der Waals surface area contributed by atoms with E-state index < -0.39 is 15.9 Å². The molecule has 0 spiro atoms. The molecule has 9 nitrogen and oxygen atoms in total. The highest BCUT2D eigenvalue weighted by atomic mass is 35.5. The fourth-order valence-corrected chi connectivity index (χ4v) is 6.03. The number of thiophene rings is 1. The van der Waals surface area contributed by atoms with E-state index in [1.807, 2.05) is 0 Å². The average Bonchev–Trinajstić information content (AvgIpc) is 3.26. The molecule has 0 saturated carbocycles. The molecule has 0 atom stereocenters. The van der Waals surface area contributed by atoms with Gasteiger partial charge in [0.2, 0.25) is 0 Å². The summed E-state index contributed by atoms with van der Waals surface area (Å²) < 4.78 is 33.3. The number of aromatic nitrogens is 1. The zero-order chi connectivity index (χ0) is 24.7. The van der Waals surface area contributed by atoms with Crippen LogP contribution in [-0.4, -0.2) is 31.0 Å². The Morgan fingerprint density at radius 3 is 2.12 bits per heavy atom. The van der Waals surface area contributed by atoms with Crippen LogP contribution in [0.5, 0.6) is 0 Å².